The Kier molecular flexibility index (Phi) is 4.22. The molecule has 2 atom stereocenters. The number of benzene rings is 1. The van der Waals surface area contributed by atoms with Gasteiger partial charge in [-0.25, -0.2) is 0 Å². The van der Waals surface area contributed by atoms with Gasteiger partial charge in [0.05, 0.1) is 0 Å². The number of aliphatic hydroxyl groups excluding tert-OH is 1. The Morgan fingerprint density at radius 1 is 1.31 bits per heavy atom. The molecule has 0 saturated carbocycles. The maximum Gasteiger partial charge on any atom is 0.0485 e. The van der Waals surface area contributed by atoms with Crippen LogP contribution < -0.4 is 0 Å². The highest BCUT2D eigenvalue weighted by molar-refractivity contribution is 6.20. The molecule has 0 unspecified atom stereocenters. The normalized spacial score (nSPS) is 26.9. The number of piperidine rings is 1. The molecule has 16 heavy (non-hydrogen) atoms. The number of nitrogens with zero attached hydrogens (tertiary/aromatic N) is 1. The number of halogens is 1. The lowest BCUT2D eigenvalue weighted by Gasteiger charge is -2.35. The standard InChI is InChI=1S/C13H18ClNO/c14-13-6-7-15(9-12(13)10-16)8-11-4-2-1-3-5-11/h1-5,12-13,16H,6-10H2/t12-,13-/m0/s1. The average Bonchev–Trinajstić information content (AvgIpc) is 2.33. The molecule has 1 N–H and O–H groups in total. The van der Waals surface area contributed by atoms with Crippen LogP contribution in [0, 0.1) is 5.92 Å². The van der Waals surface area contributed by atoms with Crippen LogP contribution in [0.3, 0.4) is 0 Å². The van der Waals surface area contributed by atoms with E-state index in [1.165, 1.54) is 5.56 Å². The molecule has 1 aliphatic rings. The van der Waals surface area contributed by atoms with Crippen molar-refractivity contribution in [1.82, 2.24) is 4.90 Å². The molecule has 0 spiro atoms. The quantitative estimate of drug-likeness (QED) is 0.817. The largest absolute Gasteiger partial charge is 0.396 e. The third-order valence-corrected chi connectivity index (χ3v) is 3.78. The van der Waals surface area contributed by atoms with Gasteiger partial charge in [-0.2, -0.15) is 0 Å². The van der Waals surface area contributed by atoms with Crippen molar-refractivity contribution in [2.75, 3.05) is 19.7 Å². The first kappa shape index (κ1) is 11.9. The molecule has 0 bridgehead atoms. The molecule has 0 aliphatic carbocycles. The van der Waals surface area contributed by atoms with Crippen molar-refractivity contribution in [2.24, 2.45) is 5.92 Å². The third kappa shape index (κ3) is 2.97. The molecule has 88 valence electrons. The van der Waals surface area contributed by atoms with Gasteiger partial charge in [0, 0.05) is 31.0 Å². The van der Waals surface area contributed by atoms with E-state index in [1.54, 1.807) is 0 Å². The van der Waals surface area contributed by atoms with Gasteiger partial charge in [0.1, 0.15) is 0 Å². The van der Waals surface area contributed by atoms with E-state index in [9.17, 15) is 5.11 Å². The Morgan fingerprint density at radius 3 is 2.75 bits per heavy atom. The minimum Gasteiger partial charge on any atom is -0.396 e. The van der Waals surface area contributed by atoms with Crippen molar-refractivity contribution >= 4 is 11.6 Å². The average molecular weight is 240 g/mol. The second-order valence-electron chi connectivity index (χ2n) is 4.47. The summed E-state index contributed by atoms with van der Waals surface area (Å²) in [6, 6.07) is 10.4. The molecule has 3 heteroatoms. The number of rotatable bonds is 3. The summed E-state index contributed by atoms with van der Waals surface area (Å²) in [5.74, 6) is 0.221. The number of alkyl halides is 1. The summed E-state index contributed by atoms with van der Waals surface area (Å²) in [4.78, 5) is 2.37. The van der Waals surface area contributed by atoms with Crippen LogP contribution in [0.5, 0.6) is 0 Å². The van der Waals surface area contributed by atoms with Crippen molar-refractivity contribution in [3.8, 4) is 0 Å². The second kappa shape index (κ2) is 5.67. The minimum atomic E-state index is 0.136. The van der Waals surface area contributed by atoms with Gasteiger partial charge < -0.3 is 5.11 Å². The fourth-order valence-electron chi connectivity index (χ4n) is 2.24. The lowest BCUT2D eigenvalue weighted by atomic mass is 9.98. The topological polar surface area (TPSA) is 23.5 Å². The number of likely N-dealkylation sites (tertiary alicyclic amines) is 1. The van der Waals surface area contributed by atoms with Crippen LogP contribution in [0.15, 0.2) is 30.3 Å². The molecule has 2 nitrogen and oxygen atoms in total. The van der Waals surface area contributed by atoms with Crippen LogP contribution in [0.25, 0.3) is 0 Å². The van der Waals surface area contributed by atoms with Crippen LogP contribution in [0.4, 0.5) is 0 Å². The van der Waals surface area contributed by atoms with Gasteiger partial charge in [-0.3, -0.25) is 4.90 Å². The van der Waals surface area contributed by atoms with Gasteiger partial charge in [0.2, 0.25) is 0 Å². The molecular weight excluding hydrogens is 222 g/mol. The zero-order valence-corrected chi connectivity index (χ0v) is 10.1. The zero-order valence-electron chi connectivity index (χ0n) is 9.35. The molecule has 1 heterocycles. The van der Waals surface area contributed by atoms with Crippen molar-refractivity contribution in [3.63, 3.8) is 0 Å². The summed E-state index contributed by atoms with van der Waals surface area (Å²) in [6.45, 7) is 3.08. The minimum absolute atomic E-state index is 0.136. The van der Waals surface area contributed by atoms with Crippen molar-refractivity contribution in [3.05, 3.63) is 35.9 Å². The van der Waals surface area contributed by atoms with Gasteiger partial charge >= 0.3 is 0 Å². The molecule has 0 radical (unpaired) electrons. The predicted molar refractivity (Wildman–Crippen MR) is 66.6 cm³/mol. The molecule has 1 aliphatic heterocycles. The van der Waals surface area contributed by atoms with Crippen LogP contribution in [0.1, 0.15) is 12.0 Å². The van der Waals surface area contributed by atoms with E-state index in [0.29, 0.717) is 0 Å². The monoisotopic (exact) mass is 239 g/mol. The smallest absolute Gasteiger partial charge is 0.0485 e. The van der Waals surface area contributed by atoms with E-state index in [4.69, 9.17) is 11.6 Å². The first-order valence-electron chi connectivity index (χ1n) is 5.81. The molecular formula is C13H18ClNO. The fourth-order valence-corrected chi connectivity index (χ4v) is 2.49. The van der Waals surface area contributed by atoms with Gasteiger partial charge in [-0.15, -0.1) is 11.6 Å². The van der Waals surface area contributed by atoms with Crippen molar-refractivity contribution in [2.45, 2.75) is 18.3 Å². The molecule has 1 aromatic carbocycles. The lowest BCUT2D eigenvalue weighted by Crippen LogP contribution is -2.42. The first-order valence-corrected chi connectivity index (χ1v) is 6.24. The van der Waals surface area contributed by atoms with Crippen LogP contribution in [0.2, 0.25) is 0 Å². The number of aliphatic hydroxyl groups is 1. The Bertz CT molecular complexity index is 317. The Balaban J connectivity index is 1.92. The second-order valence-corrected chi connectivity index (χ2v) is 5.03. The van der Waals surface area contributed by atoms with E-state index < -0.39 is 0 Å². The zero-order chi connectivity index (χ0) is 11.4. The predicted octanol–water partition coefficient (Wildman–Crippen LogP) is 2.11. The van der Waals surface area contributed by atoms with E-state index >= 15 is 0 Å². The molecule has 0 aromatic heterocycles. The van der Waals surface area contributed by atoms with E-state index in [0.717, 1.165) is 26.1 Å². The molecule has 0 amide bonds. The highest BCUT2D eigenvalue weighted by Crippen LogP contribution is 2.23. The molecule has 2 rings (SSSR count). The van der Waals surface area contributed by atoms with Crippen LogP contribution >= 0.6 is 11.6 Å². The van der Waals surface area contributed by atoms with Gasteiger partial charge in [-0.05, 0) is 18.5 Å². The van der Waals surface area contributed by atoms with Crippen LogP contribution in [-0.2, 0) is 6.54 Å². The molecule has 1 fully saturated rings. The first-order chi connectivity index (χ1) is 7.79. The van der Waals surface area contributed by atoms with E-state index in [1.807, 2.05) is 6.07 Å². The SMILES string of the molecule is OC[C@@H]1CN(Cc2ccccc2)CC[C@@H]1Cl. The van der Waals surface area contributed by atoms with E-state index in [2.05, 4.69) is 29.2 Å². The lowest BCUT2D eigenvalue weighted by molar-refractivity contribution is 0.119. The summed E-state index contributed by atoms with van der Waals surface area (Å²) in [6.07, 6.45) is 0.972. The Hall–Kier alpha value is -0.570. The Labute approximate surface area is 102 Å². The van der Waals surface area contributed by atoms with Crippen molar-refractivity contribution < 1.29 is 5.11 Å². The van der Waals surface area contributed by atoms with Gasteiger partial charge in [0.25, 0.3) is 0 Å². The summed E-state index contributed by atoms with van der Waals surface area (Å²) >= 11 is 6.16. The van der Waals surface area contributed by atoms with Crippen LogP contribution in [-0.4, -0.2) is 35.1 Å². The third-order valence-electron chi connectivity index (χ3n) is 3.21. The number of hydrogen-bond donors (Lipinski definition) is 1. The molecule has 1 saturated heterocycles. The summed E-state index contributed by atoms with van der Waals surface area (Å²) < 4.78 is 0. The Morgan fingerprint density at radius 2 is 2.06 bits per heavy atom. The van der Waals surface area contributed by atoms with Crippen molar-refractivity contribution in [1.29, 1.82) is 0 Å². The number of hydrogen-bond acceptors (Lipinski definition) is 2. The maximum atomic E-state index is 9.23. The molecule has 1 aromatic rings. The summed E-state index contributed by atoms with van der Waals surface area (Å²) in [7, 11) is 0. The maximum absolute atomic E-state index is 9.23. The summed E-state index contributed by atoms with van der Waals surface area (Å²) in [5, 5.41) is 9.37. The highest BCUT2D eigenvalue weighted by atomic mass is 35.5. The van der Waals surface area contributed by atoms with Gasteiger partial charge in [-0.1, -0.05) is 30.3 Å². The highest BCUT2D eigenvalue weighted by Gasteiger charge is 2.26. The fraction of sp³-hybridized carbons (Fsp3) is 0.538. The summed E-state index contributed by atoms with van der Waals surface area (Å²) in [5.41, 5.74) is 1.33. The van der Waals surface area contributed by atoms with E-state index in [-0.39, 0.29) is 17.9 Å². The van der Waals surface area contributed by atoms with Gasteiger partial charge in [0.15, 0.2) is 0 Å².